The molecule has 0 aromatic heterocycles. The summed E-state index contributed by atoms with van der Waals surface area (Å²) in [6.45, 7) is 0.535. The molecule has 0 radical (unpaired) electrons. The zero-order valence-electron chi connectivity index (χ0n) is 10.6. The normalized spacial score (nSPS) is 10.3. The Hall–Kier alpha value is -1.27. The molecule has 2 aromatic carbocycles. The smallest absolute Gasteiger partial charge is 0.251 e. The maximum Gasteiger partial charge on any atom is 0.251 e. The van der Waals surface area contributed by atoms with Crippen LogP contribution in [0.3, 0.4) is 0 Å². The molecule has 0 unspecified atom stereocenters. The van der Waals surface area contributed by atoms with E-state index in [-0.39, 0.29) is 11.7 Å². The fourth-order valence-corrected chi connectivity index (χ4v) is 2.19. The van der Waals surface area contributed by atoms with Gasteiger partial charge in [0.2, 0.25) is 0 Å². The molecule has 20 heavy (non-hydrogen) atoms. The Kier molecular flexibility index (Phi) is 5.25. The highest BCUT2D eigenvalue weighted by atomic mass is 127. The van der Waals surface area contributed by atoms with Crippen LogP contribution in [-0.4, -0.2) is 17.6 Å². The maximum absolute atomic E-state index is 11.9. The van der Waals surface area contributed by atoms with Crippen LogP contribution in [0.15, 0.2) is 42.5 Å². The van der Waals surface area contributed by atoms with Crippen molar-refractivity contribution in [2.45, 2.75) is 6.42 Å². The van der Waals surface area contributed by atoms with Gasteiger partial charge in [0.05, 0.1) is 3.57 Å². The van der Waals surface area contributed by atoms with E-state index in [1.165, 1.54) is 6.07 Å². The lowest BCUT2D eigenvalue weighted by Crippen LogP contribution is -2.25. The largest absolute Gasteiger partial charge is 0.507 e. The van der Waals surface area contributed by atoms with Gasteiger partial charge in [-0.15, -0.1) is 0 Å². The molecule has 0 bridgehead atoms. The van der Waals surface area contributed by atoms with Crippen LogP contribution < -0.4 is 5.32 Å². The Morgan fingerprint density at radius 3 is 2.55 bits per heavy atom. The molecule has 2 rings (SSSR count). The highest BCUT2D eigenvalue weighted by Crippen LogP contribution is 2.20. The molecule has 1 amide bonds. The van der Waals surface area contributed by atoms with Gasteiger partial charge in [-0.3, -0.25) is 4.79 Å². The van der Waals surface area contributed by atoms with Gasteiger partial charge in [-0.1, -0.05) is 23.7 Å². The molecule has 0 aliphatic heterocycles. The summed E-state index contributed by atoms with van der Waals surface area (Å²) in [6, 6.07) is 12.4. The maximum atomic E-state index is 11.9. The van der Waals surface area contributed by atoms with Crippen LogP contribution in [0.4, 0.5) is 0 Å². The van der Waals surface area contributed by atoms with Gasteiger partial charge in [0.15, 0.2) is 0 Å². The Morgan fingerprint density at radius 2 is 1.90 bits per heavy atom. The first-order valence-electron chi connectivity index (χ1n) is 6.07. The van der Waals surface area contributed by atoms with Gasteiger partial charge in [-0.05, 0) is 64.9 Å². The van der Waals surface area contributed by atoms with Gasteiger partial charge >= 0.3 is 0 Å². The van der Waals surface area contributed by atoms with Crippen molar-refractivity contribution in [3.05, 3.63) is 62.2 Å². The number of hydrogen-bond acceptors (Lipinski definition) is 2. The molecule has 3 nitrogen and oxygen atoms in total. The van der Waals surface area contributed by atoms with Crippen molar-refractivity contribution in [2.75, 3.05) is 6.54 Å². The Labute approximate surface area is 136 Å². The van der Waals surface area contributed by atoms with E-state index in [1.807, 2.05) is 46.9 Å². The zero-order chi connectivity index (χ0) is 14.5. The average Bonchev–Trinajstić information content (AvgIpc) is 2.44. The van der Waals surface area contributed by atoms with Gasteiger partial charge in [-0.2, -0.15) is 0 Å². The minimum absolute atomic E-state index is 0.121. The van der Waals surface area contributed by atoms with E-state index in [4.69, 9.17) is 11.6 Å². The Morgan fingerprint density at radius 1 is 1.20 bits per heavy atom. The SMILES string of the molecule is O=C(NCCc1ccc(Cl)cc1)c1ccc(I)c(O)c1. The number of benzene rings is 2. The lowest BCUT2D eigenvalue weighted by atomic mass is 10.1. The predicted octanol–water partition coefficient (Wildman–Crippen LogP) is 3.62. The molecule has 5 heteroatoms. The first-order chi connectivity index (χ1) is 9.56. The molecule has 0 spiro atoms. The van der Waals surface area contributed by atoms with Crippen LogP contribution in [0.1, 0.15) is 15.9 Å². The third kappa shape index (κ3) is 4.11. The average molecular weight is 402 g/mol. The molecule has 2 N–H and O–H groups in total. The van der Waals surface area contributed by atoms with Crippen LogP contribution in [0.25, 0.3) is 0 Å². The molecule has 104 valence electrons. The van der Waals surface area contributed by atoms with Crippen LogP contribution in [0, 0.1) is 3.57 Å². The second kappa shape index (κ2) is 6.95. The summed E-state index contributed by atoms with van der Waals surface area (Å²) in [4.78, 5) is 11.9. The number of phenolic OH excluding ortho intramolecular Hbond substituents is 1. The molecule has 0 saturated carbocycles. The number of aromatic hydroxyl groups is 1. The van der Waals surface area contributed by atoms with Gasteiger partial charge in [0.1, 0.15) is 5.75 Å². The molecule has 2 aromatic rings. The van der Waals surface area contributed by atoms with Crippen molar-refractivity contribution in [3.63, 3.8) is 0 Å². The van der Waals surface area contributed by atoms with E-state index >= 15 is 0 Å². The van der Waals surface area contributed by atoms with Gasteiger partial charge in [0, 0.05) is 17.1 Å². The minimum Gasteiger partial charge on any atom is -0.507 e. The van der Waals surface area contributed by atoms with E-state index in [2.05, 4.69) is 5.32 Å². The molecular formula is C15H13ClINO2. The van der Waals surface area contributed by atoms with Crippen molar-refractivity contribution >= 4 is 40.1 Å². The number of rotatable bonds is 4. The zero-order valence-corrected chi connectivity index (χ0v) is 13.5. The molecule has 0 fully saturated rings. The summed E-state index contributed by atoms with van der Waals surface area (Å²) in [5.74, 6) is -0.0679. The molecule has 0 aliphatic rings. The van der Waals surface area contributed by atoms with Crippen molar-refractivity contribution in [3.8, 4) is 5.75 Å². The standard InChI is InChI=1S/C15H13ClINO2/c16-12-4-1-10(2-5-12)7-8-18-15(20)11-3-6-13(17)14(19)9-11/h1-6,9,19H,7-8H2,(H,18,20). The number of carbonyl (C=O) groups excluding carboxylic acids is 1. The predicted molar refractivity (Wildman–Crippen MR) is 88.3 cm³/mol. The van der Waals surface area contributed by atoms with Crippen LogP contribution in [0.2, 0.25) is 5.02 Å². The van der Waals surface area contributed by atoms with E-state index in [0.717, 1.165) is 15.6 Å². The van der Waals surface area contributed by atoms with Crippen molar-refractivity contribution < 1.29 is 9.90 Å². The fourth-order valence-electron chi connectivity index (χ4n) is 1.73. The first-order valence-corrected chi connectivity index (χ1v) is 7.53. The first kappa shape index (κ1) is 15.1. The minimum atomic E-state index is -0.189. The summed E-state index contributed by atoms with van der Waals surface area (Å²) in [5.41, 5.74) is 1.57. The highest BCUT2D eigenvalue weighted by Gasteiger charge is 2.07. The third-order valence-corrected chi connectivity index (χ3v) is 3.98. The number of hydrogen-bond donors (Lipinski definition) is 2. The molecule has 0 heterocycles. The lowest BCUT2D eigenvalue weighted by molar-refractivity contribution is 0.0953. The Bertz CT molecular complexity index is 614. The fraction of sp³-hybridized carbons (Fsp3) is 0.133. The van der Waals surface area contributed by atoms with Gasteiger partial charge < -0.3 is 10.4 Å². The summed E-state index contributed by atoms with van der Waals surface area (Å²) in [7, 11) is 0. The van der Waals surface area contributed by atoms with E-state index in [1.54, 1.807) is 12.1 Å². The molecule has 0 aliphatic carbocycles. The number of nitrogens with one attached hydrogen (secondary N) is 1. The van der Waals surface area contributed by atoms with Crippen molar-refractivity contribution in [1.29, 1.82) is 0 Å². The van der Waals surface area contributed by atoms with Crippen LogP contribution >= 0.6 is 34.2 Å². The number of halogens is 2. The van der Waals surface area contributed by atoms with Crippen LogP contribution in [-0.2, 0) is 6.42 Å². The van der Waals surface area contributed by atoms with Gasteiger partial charge in [-0.25, -0.2) is 0 Å². The number of amides is 1. The molecule has 0 saturated heterocycles. The summed E-state index contributed by atoms with van der Waals surface area (Å²) >= 11 is 7.82. The van der Waals surface area contributed by atoms with E-state index in [9.17, 15) is 9.90 Å². The monoisotopic (exact) mass is 401 g/mol. The Balaban J connectivity index is 1.88. The number of phenols is 1. The second-order valence-corrected chi connectivity index (χ2v) is 5.90. The summed E-state index contributed by atoms with van der Waals surface area (Å²) in [6.07, 6.45) is 0.735. The second-order valence-electron chi connectivity index (χ2n) is 4.30. The number of carbonyl (C=O) groups is 1. The molecule has 0 atom stereocenters. The summed E-state index contributed by atoms with van der Waals surface area (Å²) < 4.78 is 0.723. The topological polar surface area (TPSA) is 49.3 Å². The van der Waals surface area contributed by atoms with Crippen molar-refractivity contribution in [2.24, 2.45) is 0 Å². The van der Waals surface area contributed by atoms with E-state index in [0.29, 0.717) is 17.1 Å². The quantitative estimate of drug-likeness (QED) is 0.769. The lowest BCUT2D eigenvalue weighted by Gasteiger charge is -2.06. The third-order valence-electron chi connectivity index (χ3n) is 2.82. The van der Waals surface area contributed by atoms with Crippen LogP contribution in [0.5, 0.6) is 5.75 Å². The highest BCUT2D eigenvalue weighted by molar-refractivity contribution is 14.1. The molecular weight excluding hydrogens is 389 g/mol. The van der Waals surface area contributed by atoms with E-state index < -0.39 is 0 Å². The van der Waals surface area contributed by atoms with Gasteiger partial charge in [0.25, 0.3) is 5.91 Å². The van der Waals surface area contributed by atoms with Crippen molar-refractivity contribution in [1.82, 2.24) is 5.32 Å². The summed E-state index contributed by atoms with van der Waals surface area (Å²) in [5, 5.41) is 13.1.